The van der Waals surface area contributed by atoms with Gasteiger partial charge in [-0.15, -0.1) is 0 Å². The maximum Gasteiger partial charge on any atom is 0.309 e. The molecule has 0 spiro atoms. The Hall–Kier alpha value is -2.00. The van der Waals surface area contributed by atoms with Gasteiger partial charge in [0, 0.05) is 12.3 Å². The number of allylic oxidation sites excluding steroid dienone is 1. The van der Waals surface area contributed by atoms with Crippen molar-refractivity contribution in [2.45, 2.75) is 91.6 Å². The highest BCUT2D eigenvalue weighted by Gasteiger charge is 2.42. The van der Waals surface area contributed by atoms with Gasteiger partial charge in [0.05, 0.1) is 29.1 Å². The van der Waals surface area contributed by atoms with E-state index < -0.39 is 42.0 Å². The van der Waals surface area contributed by atoms with Crippen LogP contribution in [0.1, 0.15) is 78.3 Å². The summed E-state index contributed by atoms with van der Waals surface area (Å²) in [6.45, 7) is 8.35. The molecule has 0 saturated heterocycles. The van der Waals surface area contributed by atoms with Crippen LogP contribution in [0.4, 0.5) is 0 Å². The number of carbonyl (C=O) groups excluding carboxylic acids is 2. The number of hydrogen-bond donors (Lipinski definition) is 3. The molecule has 9 heteroatoms. The number of halogens is 1. The summed E-state index contributed by atoms with van der Waals surface area (Å²) in [6.07, 6.45) is 4.08. The molecule has 2 rings (SSSR count). The lowest BCUT2D eigenvalue weighted by molar-refractivity contribution is -0.153. The Bertz CT molecular complexity index is 936. The van der Waals surface area contributed by atoms with Crippen molar-refractivity contribution < 1.29 is 34.1 Å². The molecule has 0 aliphatic carbocycles. The van der Waals surface area contributed by atoms with Crippen LogP contribution >= 0.6 is 11.6 Å². The molecule has 1 aliphatic heterocycles. The summed E-state index contributed by atoms with van der Waals surface area (Å²) in [6, 6.07) is 0. The fourth-order valence-corrected chi connectivity index (χ4v) is 4.46. The maximum absolute atomic E-state index is 13.1. The van der Waals surface area contributed by atoms with Gasteiger partial charge in [-0.2, -0.15) is 0 Å². The SMILES string of the molecule is C/C1=C/C[C@@H](/C(Cl)=C/c2coc(CO)n2)OC(=O)C[C@H](O)C(C)(C)C(=O)[C@H](C)[C@@H](O)[C@@H](C)CCC1. The first-order chi connectivity index (χ1) is 16.4. The molecule has 8 nitrogen and oxygen atoms in total. The van der Waals surface area contributed by atoms with Crippen LogP contribution < -0.4 is 0 Å². The Kier molecular flexibility index (Phi) is 10.7. The topological polar surface area (TPSA) is 130 Å². The van der Waals surface area contributed by atoms with Crippen LogP contribution in [0, 0.1) is 17.3 Å². The molecule has 1 aromatic heterocycles. The minimum Gasteiger partial charge on any atom is -0.456 e. The zero-order chi connectivity index (χ0) is 26.3. The number of nitrogens with zero attached hydrogens (tertiary/aromatic N) is 1. The lowest BCUT2D eigenvalue weighted by Gasteiger charge is -2.34. The number of ketones is 1. The summed E-state index contributed by atoms with van der Waals surface area (Å²) in [5.41, 5.74) is 0.193. The number of Topliss-reactive ketones (excluding diaryl/α,β-unsaturated/α-hetero) is 1. The molecule has 0 bridgehead atoms. The summed E-state index contributed by atoms with van der Waals surface area (Å²) in [7, 11) is 0. The van der Waals surface area contributed by atoms with E-state index >= 15 is 0 Å². The van der Waals surface area contributed by atoms with Crippen LogP contribution in [0.5, 0.6) is 0 Å². The number of hydrogen-bond acceptors (Lipinski definition) is 8. The van der Waals surface area contributed by atoms with Gasteiger partial charge in [-0.1, -0.05) is 50.9 Å². The molecule has 5 atom stereocenters. The van der Waals surface area contributed by atoms with Crippen molar-refractivity contribution >= 4 is 29.4 Å². The van der Waals surface area contributed by atoms with Crippen molar-refractivity contribution in [2.24, 2.45) is 17.3 Å². The van der Waals surface area contributed by atoms with E-state index in [4.69, 9.17) is 25.9 Å². The van der Waals surface area contributed by atoms with Gasteiger partial charge in [-0.25, -0.2) is 4.98 Å². The Morgan fingerprint density at radius 1 is 1.29 bits per heavy atom. The van der Waals surface area contributed by atoms with Crippen molar-refractivity contribution in [2.75, 3.05) is 0 Å². The smallest absolute Gasteiger partial charge is 0.309 e. The quantitative estimate of drug-likeness (QED) is 0.407. The molecule has 1 aromatic rings. The molecular weight excluding hydrogens is 474 g/mol. The Labute approximate surface area is 212 Å². The molecule has 1 aliphatic rings. The number of ether oxygens (including phenoxy) is 1. The van der Waals surface area contributed by atoms with Crippen LogP contribution in [-0.4, -0.2) is 50.4 Å². The molecule has 0 amide bonds. The predicted octanol–water partition coefficient (Wildman–Crippen LogP) is 4.16. The minimum atomic E-state index is -1.30. The van der Waals surface area contributed by atoms with Gasteiger partial charge in [0.2, 0.25) is 5.89 Å². The van der Waals surface area contributed by atoms with Gasteiger partial charge >= 0.3 is 5.97 Å². The molecule has 0 aromatic carbocycles. The van der Waals surface area contributed by atoms with Gasteiger partial charge in [0.25, 0.3) is 0 Å². The number of aromatic nitrogens is 1. The predicted molar refractivity (Wildman–Crippen MR) is 132 cm³/mol. The number of carbonyl (C=O) groups is 2. The lowest BCUT2D eigenvalue weighted by atomic mass is 9.73. The highest BCUT2D eigenvalue weighted by atomic mass is 35.5. The first-order valence-electron chi connectivity index (χ1n) is 12.0. The lowest BCUT2D eigenvalue weighted by Crippen LogP contribution is -2.45. The molecule has 3 N–H and O–H groups in total. The highest BCUT2D eigenvalue weighted by molar-refractivity contribution is 6.32. The van der Waals surface area contributed by atoms with Crippen LogP contribution in [-0.2, 0) is 20.9 Å². The highest BCUT2D eigenvalue weighted by Crippen LogP contribution is 2.32. The van der Waals surface area contributed by atoms with Gasteiger partial charge < -0.3 is 24.5 Å². The van der Waals surface area contributed by atoms with Crippen LogP contribution in [0.15, 0.2) is 27.4 Å². The van der Waals surface area contributed by atoms with Crippen molar-refractivity contribution in [3.63, 3.8) is 0 Å². The normalized spacial score (nSPS) is 31.5. The first-order valence-corrected chi connectivity index (χ1v) is 12.4. The van der Waals surface area contributed by atoms with Crippen LogP contribution in [0.2, 0.25) is 0 Å². The molecule has 0 saturated carbocycles. The minimum absolute atomic E-state index is 0.0936. The van der Waals surface area contributed by atoms with Crippen molar-refractivity contribution in [3.8, 4) is 0 Å². The fraction of sp³-hybridized carbons (Fsp3) is 0.654. The van der Waals surface area contributed by atoms with Gasteiger partial charge in [-0.3, -0.25) is 9.59 Å². The zero-order valence-electron chi connectivity index (χ0n) is 21.2. The molecule has 0 unspecified atom stereocenters. The number of cyclic esters (lactones) is 1. The third kappa shape index (κ3) is 8.00. The summed E-state index contributed by atoms with van der Waals surface area (Å²) in [5, 5.41) is 30.9. The molecular formula is C26H38ClNO7. The van der Waals surface area contributed by atoms with Gasteiger partial charge in [0.1, 0.15) is 30.5 Å². The van der Waals surface area contributed by atoms with E-state index in [0.717, 1.165) is 24.8 Å². The van der Waals surface area contributed by atoms with Crippen molar-refractivity contribution in [1.29, 1.82) is 0 Å². The zero-order valence-corrected chi connectivity index (χ0v) is 21.9. The number of esters is 1. The number of rotatable bonds is 3. The molecule has 196 valence electrons. The molecule has 0 fully saturated rings. The summed E-state index contributed by atoms with van der Waals surface area (Å²) in [4.78, 5) is 30.0. The molecule has 35 heavy (non-hydrogen) atoms. The maximum atomic E-state index is 13.1. The number of oxazole rings is 1. The second kappa shape index (κ2) is 12.8. The monoisotopic (exact) mass is 511 g/mol. The van der Waals surface area contributed by atoms with E-state index in [0.29, 0.717) is 12.1 Å². The average molecular weight is 512 g/mol. The Morgan fingerprint density at radius 3 is 2.60 bits per heavy atom. The summed E-state index contributed by atoms with van der Waals surface area (Å²) < 4.78 is 10.7. The third-order valence-corrected chi connectivity index (χ3v) is 7.17. The Balaban J connectivity index is 2.33. The standard InChI is InChI=1S/C26H38ClNO7/c1-15-7-6-8-16(2)24(32)17(3)25(33)26(4,5)21(30)12-23(31)35-20(10-9-15)19(27)11-18-14-34-22(13-29)28-18/h9,11,14,16-17,20-21,24,29-30,32H,6-8,10,12-13H2,1-5H3/b15-9-,19-11-/t16-,17+,20-,21-,24-/m0/s1. The van der Waals surface area contributed by atoms with Crippen molar-refractivity contribution in [1.82, 2.24) is 4.98 Å². The van der Waals surface area contributed by atoms with E-state index in [1.807, 2.05) is 19.9 Å². The first kappa shape index (κ1) is 29.2. The average Bonchev–Trinajstić information content (AvgIpc) is 3.26. The fourth-order valence-electron chi connectivity index (χ4n) is 4.22. The molecule has 0 radical (unpaired) electrons. The van der Waals surface area contributed by atoms with Crippen LogP contribution in [0.3, 0.4) is 0 Å². The van der Waals surface area contributed by atoms with Crippen molar-refractivity contribution in [3.05, 3.63) is 34.5 Å². The van der Waals surface area contributed by atoms with E-state index in [-0.39, 0.29) is 29.2 Å². The largest absolute Gasteiger partial charge is 0.456 e. The van der Waals surface area contributed by atoms with E-state index in [9.17, 15) is 19.8 Å². The number of aliphatic hydroxyl groups is 3. The Morgan fingerprint density at radius 2 is 1.97 bits per heavy atom. The van der Waals surface area contributed by atoms with Crippen LogP contribution in [0.25, 0.3) is 6.08 Å². The van der Waals surface area contributed by atoms with Gasteiger partial charge in [-0.05, 0) is 38.2 Å². The third-order valence-electron chi connectivity index (χ3n) is 6.82. The second-order valence-corrected chi connectivity index (χ2v) is 10.5. The van der Waals surface area contributed by atoms with Gasteiger partial charge in [0.15, 0.2) is 0 Å². The van der Waals surface area contributed by atoms with E-state index in [1.165, 1.54) is 12.3 Å². The summed E-state index contributed by atoms with van der Waals surface area (Å²) in [5.74, 6) is -1.66. The second-order valence-electron chi connectivity index (χ2n) is 10.1. The van der Waals surface area contributed by atoms with E-state index in [1.54, 1.807) is 20.8 Å². The molecule has 2 heterocycles. The van der Waals surface area contributed by atoms with E-state index in [2.05, 4.69) is 4.98 Å². The summed E-state index contributed by atoms with van der Waals surface area (Å²) >= 11 is 6.49. The number of aliphatic hydroxyl groups excluding tert-OH is 3.